The maximum atomic E-state index is 6.23. The van der Waals surface area contributed by atoms with E-state index in [9.17, 15) is 0 Å². The third-order valence-electron chi connectivity index (χ3n) is 3.13. The van der Waals surface area contributed by atoms with Crippen molar-refractivity contribution < 1.29 is 4.74 Å². The zero-order chi connectivity index (χ0) is 9.03. The quantitative estimate of drug-likeness (QED) is 0.701. The van der Waals surface area contributed by atoms with E-state index in [0.29, 0.717) is 0 Å². The van der Waals surface area contributed by atoms with E-state index in [-0.39, 0.29) is 5.54 Å². The molecule has 0 saturated heterocycles. The maximum absolute atomic E-state index is 6.23. The number of hydrogen-bond donors (Lipinski definition) is 1. The lowest BCUT2D eigenvalue weighted by Gasteiger charge is -2.23. The zero-order valence-corrected chi connectivity index (χ0v) is 8.31. The van der Waals surface area contributed by atoms with E-state index in [1.807, 2.05) is 0 Å². The fourth-order valence-electron chi connectivity index (χ4n) is 2.15. The highest BCUT2D eigenvalue weighted by molar-refractivity contribution is 4.92. The molecule has 1 saturated carbocycles. The molecule has 12 heavy (non-hydrogen) atoms. The summed E-state index contributed by atoms with van der Waals surface area (Å²) in [7, 11) is 1.75. The van der Waals surface area contributed by atoms with Gasteiger partial charge < -0.3 is 10.5 Å². The molecule has 2 nitrogen and oxygen atoms in total. The van der Waals surface area contributed by atoms with E-state index in [2.05, 4.69) is 6.92 Å². The monoisotopic (exact) mass is 171 g/mol. The first-order valence-corrected chi connectivity index (χ1v) is 4.98. The van der Waals surface area contributed by atoms with E-state index >= 15 is 0 Å². The molecule has 1 fully saturated rings. The summed E-state index contributed by atoms with van der Waals surface area (Å²) in [6.07, 6.45) is 6.02. The summed E-state index contributed by atoms with van der Waals surface area (Å²) in [4.78, 5) is 0. The number of rotatable bonds is 4. The Hall–Kier alpha value is -0.0800. The highest BCUT2D eigenvalue weighted by Crippen LogP contribution is 2.36. The molecule has 0 bridgehead atoms. The highest BCUT2D eigenvalue weighted by atomic mass is 16.5. The molecular weight excluding hydrogens is 150 g/mol. The Morgan fingerprint density at radius 3 is 2.83 bits per heavy atom. The smallest absolute Gasteiger partial charge is 0.0479 e. The lowest BCUT2D eigenvalue weighted by atomic mass is 9.93. The molecular formula is C10H21NO. The number of methoxy groups -OCH3 is 1. The van der Waals surface area contributed by atoms with Crippen LogP contribution in [-0.2, 0) is 4.74 Å². The van der Waals surface area contributed by atoms with Gasteiger partial charge in [-0.1, -0.05) is 13.3 Å². The molecule has 1 aliphatic carbocycles. The molecule has 1 aliphatic rings. The van der Waals surface area contributed by atoms with E-state index in [4.69, 9.17) is 10.5 Å². The lowest BCUT2D eigenvalue weighted by molar-refractivity contribution is 0.167. The second kappa shape index (κ2) is 4.24. The second-order valence-corrected chi connectivity index (χ2v) is 4.12. The van der Waals surface area contributed by atoms with Crippen molar-refractivity contribution in [2.75, 3.05) is 13.7 Å². The van der Waals surface area contributed by atoms with Gasteiger partial charge in [-0.2, -0.15) is 0 Å². The zero-order valence-electron chi connectivity index (χ0n) is 8.31. The van der Waals surface area contributed by atoms with Crippen LogP contribution in [0.15, 0.2) is 0 Å². The van der Waals surface area contributed by atoms with Gasteiger partial charge in [-0.25, -0.2) is 0 Å². The van der Waals surface area contributed by atoms with Crippen molar-refractivity contribution >= 4 is 0 Å². The fraction of sp³-hybridized carbons (Fsp3) is 1.00. The fourth-order valence-corrected chi connectivity index (χ4v) is 2.15. The summed E-state index contributed by atoms with van der Waals surface area (Å²) < 4.78 is 5.06. The minimum atomic E-state index is 0.0939. The molecule has 1 rings (SSSR count). The number of ether oxygens (including phenoxy) is 1. The molecule has 2 N–H and O–H groups in total. The van der Waals surface area contributed by atoms with Crippen molar-refractivity contribution in [2.24, 2.45) is 11.7 Å². The normalized spacial score (nSPS) is 35.8. The van der Waals surface area contributed by atoms with Crippen molar-refractivity contribution in [3.05, 3.63) is 0 Å². The van der Waals surface area contributed by atoms with Gasteiger partial charge in [0, 0.05) is 19.3 Å². The largest absolute Gasteiger partial charge is 0.385 e. The molecule has 2 heteroatoms. The third-order valence-corrected chi connectivity index (χ3v) is 3.13. The van der Waals surface area contributed by atoms with Crippen LogP contribution in [0, 0.1) is 5.92 Å². The van der Waals surface area contributed by atoms with Gasteiger partial charge in [0.1, 0.15) is 0 Å². The van der Waals surface area contributed by atoms with Crippen LogP contribution >= 0.6 is 0 Å². The number of hydrogen-bond acceptors (Lipinski definition) is 2. The van der Waals surface area contributed by atoms with Crippen LogP contribution in [0.5, 0.6) is 0 Å². The molecule has 2 unspecified atom stereocenters. The topological polar surface area (TPSA) is 35.2 Å². The molecule has 0 aromatic carbocycles. The summed E-state index contributed by atoms with van der Waals surface area (Å²) >= 11 is 0. The standard InChI is InChI=1S/C10H21NO/c1-3-9-4-5-10(11,8-9)6-7-12-2/h9H,3-8,11H2,1-2H3. The average Bonchev–Trinajstić information content (AvgIpc) is 2.45. The summed E-state index contributed by atoms with van der Waals surface area (Å²) in [5.74, 6) is 0.867. The Morgan fingerprint density at radius 2 is 2.33 bits per heavy atom. The van der Waals surface area contributed by atoms with Crippen LogP contribution < -0.4 is 5.73 Å². The van der Waals surface area contributed by atoms with Gasteiger partial charge in [-0.3, -0.25) is 0 Å². The SMILES string of the molecule is CCC1CCC(N)(CCOC)C1. The van der Waals surface area contributed by atoms with E-state index in [0.717, 1.165) is 18.9 Å². The first kappa shape index (κ1) is 10.0. The summed E-state index contributed by atoms with van der Waals surface area (Å²) in [5.41, 5.74) is 6.33. The van der Waals surface area contributed by atoms with Gasteiger partial charge in [0.05, 0.1) is 0 Å². The van der Waals surface area contributed by atoms with Crippen LogP contribution in [0.2, 0.25) is 0 Å². The summed E-state index contributed by atoms with van der Waals surface area (Å²) in [6, 6.07) is 0. The Balaban J connectivity index is 2.31. The first-order valence-electron chi connectivity index (χ1n) is 4.98. The Labute approximate surface area is 75.5 Å². The van der Waals surface area contributed by atoms with Gasteiger partial charge in [0.2, 0.25) is 0 Å². The minimum Gasteiger partial charge on any atom is -0.385 e. The Morgan fingerprint density at radius 1 is 1.58 bits per heavy atom. The van der Waals surface area contributed by atoms with Crippen molar-refractivity contribution in [1.82, 2.24) is 0 Å². The van der Waals surface area contributed by atoms with Crippen LogP contribution in [0.3, 0.4) is 0 Å². The molecule has 0 aromatic heterocycles. The van der Waals surface area contributed by atoms with Crippen LogP contribution in [-0.4, -0.2) is 19.3 Å². The molecule has 0 radical (unpaired) electrons. The molecule has 0 aliphatic heterocycles. The van der Waals surface area contributed by atoms with Crippen molar-refractivity contribution in [1.29, 1.82) is 0 Å². The molecule has 0 spiro atoms. The number of nitrogens with two attached hydrogens (primary N) is 1. The van der Waals surface area contributed by atoms with Gasteiger partial charge in [0.15, 0.2) is 0 Å². The second-order valence-electron chi connectivity index (χ2n) is 4.12. The van der Waals surface area contributed by atoms with Gasteiger partial charge in [-0.05, 0) is 31.6 Å². The van der Waals surface area contributed by atoms with Crippen LogP contribution in [0.25, 0.3) is 0 Å². The van der Waals surface area contributed by atoms with Gasteiger partial charge in [-0.15, -0.1) is 0 Å². The Kier molecular flexibility index (Phi) is 3.53. The van der Waals surface area contributed by atoms with Crippen molar-refractivity contribution in [3.8, 4) is 0 Å². The average molecular weight is 171 g/mol. The van der Waals surface area contributed by atoms with Gasteiger partial charge >= 0.3 is 0 Å². The van der Waals surface area contributed by atoms with Crippen LogP contribution in [0.4, 0.5) is 0 Å². The van der Waals surface area contributed by atoms with Crippen molar-refractivity contribution in [3.63, 3.8) is 0 Å². The predicted octanol–water partition coefficient (Wildman–Crippen LogP) is 1.93. The van der Waals surface area contributed by atoms with Crippen LogP contribution in [0.1, 0.15) is 39.0 Å². The third kappa shape index (κ3) is 2.46. The summed E-state index contributed by atoms with van der Waals surface area (Å²) in [5, 5.41) is 0. The molecule has 72 valence electrons. The molecule has 0 amide bonds. The highest BCUT2D eigenvalue weighted by Gasteiger charge is 2.34. The first-order chi connectivity index (χ1) is 5.70. The maximum Gasteiger partial charge on any atom is 0.0479 e. The van der Waals surface area contributed by atoms with Gasteiger partial charge in [0.25, 0.3) is 0 Å². The van der Waals surface area contributed by atoms with Crippen molar-refractivity contribution in [2.45, 2.75) is 44.6 Å². The lowest BCUT2D eigenvalue weighted by Crippen LogP contribution is -2.37. The molecule has 0 heterocycles. The predicted molar refractivity (Wildman–Crippen MR) is 51.0 cm³/mol. The minimum absolute atomic E-state index is 0.0939. The molecule has 0 aromatic rings. The van der Waals surface area contributed by atoms with E-state index in [1.165, 1.54) is 25.7 Å². The summed E-state index contributed by atoms with van der Waals surface area (Å²) in [6.45, 7) is 3.07. The molecule has 2 atom stereocenters. The van der Waals surface area contributed by atoms with E-state index < -0.39 is 0 Å². The Bertz CT molecular complexity index is 138. The van der Waals surface area contributed by atoms with E-state index in [1.54, 1.807) is 7.11 Å².